The fourth-order valence-corrected chi connectivity index (χ4v) is 5.41. The number of hydrogen-bond acceptors (Lipinski definition) is 2. The van der Waals surface area contributed by atoms with Gasteiger partial charge in [-0.25, -0.2) is 0 Å². The second-order valence-corrected chi connectivity index (χ2v) is 11.4. The Hall–Kier alpha value is -1.02. The Morgan fingerprint density at radius 3 is 1.84 bits per heavy atom. The van der Waals surface area contributed by atoms with E-state index in [1.165, 1.54) is 76.2 Å². The maximum absolute atomic E-state index is 6.60. The van der Waals surface area contributed by atoms with Gasteiger partial charge in [0.15, 0.2) is 0 Å². The minimum Gasteiger partial charge on any atom is -0.465 e. The number of benzene rings is 1. The van der Waals surface area contributed by atoms with Crippen LogP contribution < -0.4 is 4.74 Å². The summed E-state index contributed by atoms with van der Waals surface area (Å²) in [6.07, 6.45) is 14.4. The lowest BCUT2D eigenvalue weighted by atomic mass is 9.72. The molecule has 0 radical (unpaired) electrons. The molecule has 2 unspecified atom stereocenters. The molecular weight excluding hydrogens is 392 g/mol. The summed E-state index contributed by atoms with van der Waals surface area (Å²) in [5, 5.41) is 0. The highest BCUT2D eigenvalue weighted by atomic mass is 16.7. The first-order chi connectivity index (χ1) is 15.3. The van der Waals surface area contributed by atoms with E-state index in [0.717, 1.165) is 5.75 Å². The van der Waals surface area contributed by atoms with E-state index in [9.17, 15) is 0 Å². The van der Waals surface area contributed by atoms with Gasteiger partial charge in [-0.15, -0.1) is 0 Å². The van der Waals surface area contributed by atoms with Crippen LogP contribution >= 0.6 is 0 Å². The van der Waals surface area contributed by atoms with Crippen molar-refractivity contribution in [3.63, 3.8) is 0 Å². The summed E-state index contributed by atoms with van der Waals surface area (Å²) < 4.78 is 13.1. The molecule has 2 atom stereocenters. The van der Waals surface area contributed by atoms with Crippen LogP contribution in [0, 0.1) is 17.3 Å². The van der Waals surface area contributed by atoms with Crippen molar-refractivity contribution in [2.45, 2.75) is 137 Å². The molecule has 2 aliphatic carbocycles. The molecule has 0 amide bonds. The Morgan fingerprint density at radius 2 is 1.34 bits per heavy atom. The third-order valence-electron chi connectivity index (χ3n) is 7.20. The maximum Gasteiger partial charge on any atom is 0.202 e. The van der Waals surface area contributed by atoms with Crippen LogP contribution in [-0.2, 0) is 4.74 Å². The predicted molar refractivity (Wildman–Crippen MR) is 138 cm³/mol. The second kappa shape index (κ2) is 13.6. The molecule has 0 N–H and O–H groups in total. The molecule has 0 aromatic heterocycles. The summed E-state index contributed by atoms with van der Waals surface area (Å²) in [5.74, 6) is 2.79. The minimum atomic E-state index is -0.0756. The lowest BCUT2D eigenvalue weighted by Gasteiger charge is -2.35. The van der Waals surface area contributed by atoms with E-state index < -0.39 is 0 Å². The lowest BCUT2D eigenvalue weighted by Crippen LogP contribution is -2.36. The third kappa shape index (κ3) is 8.73. The molecule has 2 fully saturated rings. The van der Waals surface area contributed by atoms with Gasteiger partial charge < -0.3 is 9.47 Å². The minimum absolute atomic E-state index is 0.0756. The molecule has 1 aromatic rings. The number of ether oxygens (including phenoxy) is 2. The first-order valence-electron chi connectivity index (χ1n) is 13.7. The van der Waals surface area contributed by atoms with Gasteiger partial charge in [-0.2, -0.15) is 0 Å². The van der Waals surface area contributed by atoms with E-state index in [0.29, 0.717) is 23.9 Å². The fourth-order valence-electron chi connectivity index (χ4n) is 5.41. The van der Waals surface area contributed by atoms with E-state index in [-0.39, 0.29) is 11.7 Å². The zero-order valence-electron chi connectivity index (χ0n) is 22.3. The molecule has 0 spiro atoms. The van der Waals surface area contributed by atoms with Gasteiger partial charge in [0.25, 0.3) is 0 Å². The molecule has 0 heterocycles. The van der Waals surface area contributed by atoms with Crippen molar-refractivity contribution >= 4 is 0 Å². The lowest BCUT2D eigenvalue weighted by molar-refractivity contribution is -0.161. The molecule has 2 saturated carbocycles. The van der Waals surface area contributed by atoms with Gasteiger partial charge in [0.1, 0.15) is 5.75 Å². The van der Waals surface area contributed by atoms with Crippen LogP contribution in [-0.4, -0.2) is 12.4 Å². The highest BCUT2D eigenvalue weighted by Crippen LogP contribution is 2.40. The van der Waals surface area contributed by atoms with Crippen LogP contribution in [0.1, 0.15) is 131 Å². The molecule has 2 heteroatoms. The summed E-state index contributed by atoms with van der Waals surface area (Å²) in [6, 6.07) is 8.97. The highest BCUT2D eigenvalue weighted by molar-refractivity contribution is 5.30. The molecule has 0 aliphatic heterocycles. The average Bonchev–Trinajstić information content (AvgIpc) is 2.79. The Morgan fingerprint density at radius 1 is 0.812 bits per heavy atom. The van der Waals surface area contributed by atoms with Crippen LogP contribution in [0.2, 0.25) is 0 Å². The van der Waals surface area contributed by atoms with Gasteiger partial charge in [0, 0.05) is 5.92 Å². The average molecular weight is 445 g/mol. The molecule has 184 valence electrons. The largest absolute Gasteiger partial charge is 0.465 e. The van der Waals surface area contributed by atoms with Crippen molar-refractivity contribution in [1.29, 1.82) is 0 Å². The second-order valence-electron chi connectivity index (χ2n) is 11.4. The van der Waals surface area contributed by atoms with Crippen LogP contribution in [0.5, 0.6) is 5.75 Å². The SMILES string of the molecule is CC.CC(C)CC(c1ccc(OC(OC2CCCCC2)C2CCCCC2)cc1)C(C)(C)C. The number of rotatable bonds is 8. The molecular formula is C30H52O2. The molecule has 2 aliphatic rings. The third-order valence-corrected chi connectivity index (χ3v) is 7.20. The first kappa shape index (κ1) is 27.2. The zero-order chi connectivity index (χ0) is 23.6. The van der Waals surface area contributed by atoms with E-state index in [4.69, 9.17) is 9.47 Å². The van der Waals surface area contributed by atoms with Crippen LogP contribution in [0.4, 0.5) is 0 Å². The summed E-state index contributed by atoms with van der Waals surface area (Å²) >= 11 is 0. The van der Waals surface area contributed by atoms with Gasteiger partial charge in [0.05, 0.1) is 6.10 Å². The number of hydrogen-bond donors (Lipinski definition) is 0. The van der Waals surface area contributed by atoms with Crippen molar-refractivity contribution < 1.29 is 9.47 Å². The van der Waals surface area contributed by atoms with Crippen LogP contribution in [0.25, 0.3) is 0 Å². The normalized spacial score (nSPS) is 20.4. The Labute approximate surface area is 199 Å². The summed E-state index contributed by atoms with van der Waals surface area (Å²) in [4.78, 5) is 0. The van der Waals surface area contributed by atoms with Crippen LogP contribution in [0.15, 0.2) is 24.3 Å². The van der Waals surface area contributed by atoms with Crippen molar-refractivity contribution in [3.05, 3.63) is 29.8 Å². The van der Waals surface area contributed by atoms with Gasteiger partial charge in [0.2, 0.25) is 6.29 Å². The van der Waals surface area contributed by atoms with E-state index in [1.54, 1.807) is 0 Å². The smallest absolute Gasteiger partial charge is 0.202 e. The molecule has 2 nitrogen and oxygen atoms in total. The van der Waals surface area contributed by atoms with Crippen molar-refractivity contribution in [2.24, 2.45) is 17.3 Å². The van der Waals surface area contributed by atoms with Crippen molar-refractivity contribution in [1.82, 2.24) is 0 Å². The van der Waals surface area contributed by atoms with Crippen molar-refractivity contribution in [2.75, 3.05) is 0 Å². The fraction of sp³-hybridized carbons (Fsp3) is 0.800. The molecule has 32 heavy (non-hydrogen) atoms. The van der Waals surface area contributed by atoms with E-state index >= 15 is 0 Å². The molecule has 0 bridgehead atoms. The monoisotopic (exact) mass is 444 g/mol. The van der Waals surface area contributed by atoms with Gasteiger partial charge in [-0.3, -0.25) is 0 Å². The summed E-state index contributed by atoms with van der Waals surface area (Å²) in [7, 11) is 0. The molecule has 3 rings (SSSR count). The summed E-state index contributed by atoms with van der Waals surface area (Å²) in [6.45, 7) is 15.7. The predicted octanol–water partition coefficient (Wildman–Crippen LogP) is 9.52. The summed E-state index contributed by atoms with van der Waals surface area (Å²) in [5.41, 5.74) is 1.70. The Bertz CT molecular complexity index is 601. The highest BCUT2D eigenvalue weighted by Gasteiger charge is 2.30. The quantitative estimate of drug-likeness (QED) is 0.372. The van der Waals surface area contributed by atoms with Gasteiger partial charge >= 0.3 is 0 Å². The Kier molecular flexibility index (Phi) is 11.6. The van der Waals surface area contributed by atoms with Crippen molar-refractivity contribution in [3.8, 4) is 5.75 Å². The van der Waals surface area contributed by atoms with Gasteiger partial charge in [-0.05, 0) is 67.1 Å². The Balaban J connectivity index is 0.00000176. The van der Waals surface area contributed by atoms with E-state index in [2.05, 4.69) is 58.9 Å². The topological polar surface area (TPSA) is 18.5 Å². The van der Waals surface area contributed by atoms with Crippen LogP contribution in [0.3, 0.4) is 0 Å². The van der Waals surface area contributed by atoms with E-state index in [1.807, 2.05) is 13.8 Å². The molecule has 0 saturated heterocycles. The first-order valence-corrected chi connectivity index (χ1v) is 13.7. The maximum atomic E-state index is 6.60. The molecule has 1 aromatic carbocycles. The van der Waals surface area contributed by atoms with Gasteiger partial charge in [-0.1, -0.05) is 99.1 Å². The standard InChI is InChI=1S/C28H46O2.C2H6/c1-21(2)20-26(28(3,4)5)22-16-18-25(19-17-22)30-27(23-12-8-6-9-13-23)29-24-14-10-7-11-15-24;1-2/h16-19,21,23-24,26-27H,6-15,20H2,1-5H3;1-2H3. The zero-order valence-corrected chi connectivity index (χ0v) is 22.3.